The zero-order chi connectivity index (χ0) is 15.2. The Bertz CT molecular complexity index is 512. The molecule has 1 aromatic rings. The zero-order valence-corrected chi connectivity index (χ0v) is 13.7. The third-order valence-electron chi connectivity index (χ3n) is 2.39. The number of esters is 1. The molecule has 20 heavy (non-hydrogen) atoms. The molecule has 0 unspecified atom stereocenters. The van der Waals surface area contributed by atoms with Crippen LogP contribution in [0.25, 0.3) is 0 Å². The Morgan fingerprint density at radius 1 is 1.35 bits per heavy atom. The number of nitrogens with zero attached hydrogens (tertiary/aromatic N) is 1. The van der Waals surface area contributed by atoms with E-state index < -0.39 is 14.0 Å². The second-order valence-electron chi connectivity index (χ2n) is 5.25. The summed E-state index contributed by atoms with van der Waals surface area (Å²) in [6.07, 6.45) is 0. The third kappa shape index (κ3) is 5.50. The van der Waals surface area contributed by atoms with Crippen molar-refractivity contribution in [2.45, 2.75) is 26.2 Å². The Labute approximate surface area is 125 Å². The molecule has 0 aliphatic carbocycles. The van der Waals surface area contributed by atoms with Gasteiger partial charge < -0.3 is 10.5 Å². The first-order valence-corrected chi connectivity index (χ1v) is 10.1. The summed E-state index contributed by atoms with van der Waals surface area (Å²) in [5.74, 6) is -0.434. The summed E-state index contributed by atoms with van der Waals surface area (Å²) in [5, 5.41) is 4.40. The molecule has 5 nitrogen and oxygen atoms in total. The fourth-order valence-electron chi connectivity index (χ4n) is 1.42. The lowest BCUT2D eigenvalue weighted by molar-refractivity contribution is -0.136. The first-order chi connectivity index (χ1) is 9.30. The molecule has 0 saturated heterocycles. The number of thiocarbonyl (C=S) groups is 1. The standard InChI is InChI=1S/C13H19N3O2SSi/c1-20(2,3)11(15-16-13(14)19)12(17)18-9-10-7-5-4-6-8-10/h4-8H,9H2,1-3H3,(H3,14,16,19)/b15-11-. The van der Waals surface area contributed by atoms with Gasteiger partial charge in [0, 0.05) is 0 Å². The van der Waals surface area contributed by atoms with E-state index in [1.54, 1.807) is 0 Å². The van der Waals surface area contributed by atoms with Crippen molar-refractivity contribution in [3.63, 3.8) is 0 Å². The summed E-state index contributed by atoms with van der Waals surface area (Å²) in [6, 6.07) is 9.49. The maximum Gasteiger partial charge on any atom is 0.350 e. The maximum absolute atomic E-state index is 12.1. The van der Waals surface area contributed by atoms with Crippen LogP contribution in [0.4, 0.5) is 0 Å². The zero-order valence-electron chi connectivity index (χ0n) is 11.8. The van der Waals surface area contributed by atoms with Crippen LogP contribution in [0.5, 0.6) is 0 Å². The Morgan fingerprint density at radius 3 is 2.45 bits per heavy atom. The average molecular weight is 309 g/mol. The van der Waals surface area contributed by atoms with Crippen molar-refractivity contribution in [2.24, 2.45) is 10.8 Å². The van der Waals surface area contributed by atoms with Gasteiger partial charge in [-0.05, 0) is 17.8 Å². The Morgan fingerprint density at radius 2 is 1.95 bits per heavy atom. The molecule has 1 aromatic carbocycles. The van der Waals surface area contributed by atoms with E-state index in [4.69, 9.17) is 10.5 Å². The van der Waals surface area contributed by atoms with Crippen molar-refractivity contribution in [1.29, 1.82) is 0 Å². The molecular formula is C13H19N3O2SSi. The molecule has 0 radical (unpaired) electrons. The molecule has 0 atom stereocenters. The van der Waals surface area contributed by atoms with Gasteiger partial charge in [-0.2, -0.15) is 5.10 Å². The van der Waals surface area contributed by atoms with Crippen LogP contribution in [0.1, 0.15) is 5.56 Å². The van der Waals surface area contributed by atoms with Gasteiger partial charge in [-0.25, -0.2) is 4.79 Å². The van der Waals surface area contributed by atoms with Crippen molar-refractivity contribution in [3.05, 3.63) is 35.9 Å². The summed E-state index contributed by atoms with van der Waals surface area (Å²) in [6.45, 7) is 6.21. The van der Waals surface area contributed by atoms with Gasteiger partial charge in [-0.1, -0.05) is 50.0 Å². The fourth-order valence-corrected chi connectivity index (χ4v) is 2.54. The van der Waals surface area contributed by atoms with E-state index in [0.29, 0.717) is 5.33 Å². The minimum atomic E-state index is -1.96. The van der Waals surface area contributed by atoms with Crippen LogP contribution in [-0.2, 0) is 16.1 Å². The molecule has 108 valence electrons. The molecule has 0 spiro atoms. The first kappa shape index (κ1) is 16.3. The van der Waals surface area contributed by atoms with Crippen molar-refractivity contribution < 1.29 is 9.53 Å². The van der Waals surface area contributed by atoms with Crippen LogP contribution >= 0.6 is 12.2 Å². The van der Waals surface area contributed by atoms with Crippen molar-refractivity contribution >= 4 is 36.7 Å². The molecule has 0 amide bonds. The molecule has 0 fully saturated rings. The quantitative estimate of drug-likeness (QED) is 0.285. The molecule has 0 aliphatic heterocycles. The van der Waals surface area contributed by atoms with Gasteiger partial charge in [0.1, 0.15) is 20.0 Å². The van der Waals surface area contributed by atoms with Gasteiger partial charge in [0.15, 0.2) is 5.11 Å². The number of carbonyl (C=O) groups is 1. The number of hydrogen-bond acceptors (Lipinski definition) is 4. The summed E-state index contributed by atoms with van der Waals surface area (Å²) in [7, 11) is -1.96. The number of hydrazone groups is 1. The molecule has 1 rings (SSSR count). The van der Waals surface area contributed by atoms with Gasteiger partial charge in [-0.15, -0.1) is 0 Å². The molecule has 0 saturated carbocycles. The molecule has 0 aromatic heterocycles. The number of hydrogen-bond donors (Lipinski definition) is 2. The Balaban J connectivity index is 2.74. The summed E-state index contributed by atoms with van der Waals surface area (Å²) in [5.41, 5.74) is 8.72. The van der Waals surface area contributed by atoms with Crippen LogP contribution in [0.3, 0.4) is 0 Å². The maximum atomic E-state index is 12.1. The van der Waals surface area contributed by atoms with Crippen molar-refractivity contribution in [3.8, 4) is 0 Å². The van der Waals surface area contributed by atoms with E-state index in [2.05, 4.69) is 22.7 Å². The molecule has 3 N–H and O–H groups in total. The van der Waals surface area contributed by atoms with Gasteiger partial charge in [0.2, 0.25) is 0 Å². The minimum absolute atomic E-state index is 0.0246. The number of ether oxygens (including phenoxy) is 1. The van der Waals surface area contributed by atoms with E-state index >= 15 is 0 Å². The van der Waals surface area contributed by atoms with Gasteiger partial charge in [-0.3, -0.25) is 5.43 Å². The average Bonchev–Trinajstić information content (AvgIpc) is 2.35. The van der Waals surface area contributed by atoms with Crippen LogP contribution < -0.4 is 11.2 Å². The molecular weight excluding hydrogens is 290 g/mol. The SMILES string of the molecule is C[Si](C)(C)/C(=N\NC(N)=S)C(=O)OCc1ccccc1. The Kier molecular flexibility index (Phi) is 5.84. The Hall–Kier alpha value is -1.73. The van der Waals surface area contributed by atoms with Crippen LogP contribution in [0.2, 0.25) is 19.6 Å². The van der Waals surface area contributed by atoms with E-state index in [0.717, 1.165) is 5.56 Å². The topological polar surface area (TPSA) is 76.7 Å². The van der Waals surface area contributed by atoms with Gasteiger partial charge >= 0.3 is 5.97 Å². The number of benzene rings is 1. The van der Waals surface area contributed by atoms with E-state index in [-0.39, 0.29) is 11.7 Å². The third-order valence-corrected chi connectivity index (χ3v) is 4.22. The highest BCUT2D eigenvalue weighted by Crippen LogP contribution is 2.08. The lowest BCUT2D eigenvalue weighted by Crippen LogP contribution is -2.43. The number of nitrogens with one attached hydrogen (secondary N) is 1. The van der Waals surface area contributed by atoms with Gasteiger partial charge in [0.25, 0.3) is 0 Å². The fraction of sp³-hybridized carbons (Fsp3) is 0.308. The number of carbonyl (C=O) groups excluding carboxylic acids is 1. The summed E-state index contributed by atoms with van der Waals surface area (Å²) in [4.78, 5) is 12.1. The highest BCUT2D eigenvalue weighted by Gasteiger charge is 2.29. The minimum Gasteiger partial charge on any atom is -0.457 e. The predicted octanol–water partition coefficient (Wildman–Crippen LogP) is 1.80. The molecule has 0 bridgehead atoms. The van der Waals surface area contributed by atoms with Crippen LogP contribution in [-0.4, -0.2) is 24.5 Å². The van der Waals surface area contributed by atoms with Crippen LogP contribution in [0.15, 0.2) is 35.4 Å². The second-order valence-corrected chi connectivity index (χ2v) is 10.7. The largest absolute Gasteiger partial charge is 0.457 e. The number of rotatable bonds is 5. The van der Waals surface area contributed by atoms with Crippen molar-refractivity contribution in [1.82, 2.24) is 5.43 Å². The first-order valence-electron chi connectivity index (χ1n) is 6.15. The van der Waals surface area contributed by atoms with E-state index in [9.17, 15) is 4.79 Å². The monoisotopic (exact) mass is 309 g/mol. The summed E-state index contributed by atoms with van der Waals surface area (Å²) >= 11 is 4.69. The second kappa shape index (κ2) is 7.16. The summed E-state index contributed by atoms with van der Waals surface area (Å²) < 4.78 is 5.29. The van der Waals surface area contributed by atoms with E-state index in [1.807, 2.05) is 50.0 Å². The lowest BCUT2D eigenvalue weighted by Gasteiger charge is -2.18. The van der Waals surface area contributed by atoms with Crippen LogP contribution in [0, 0.1) is 0 Å². The lowest BCUT2D eigenvalue weighted by atomic mass is 10.2. The molecule has 0 heterocycles. The predicted molar refractivity (Wildman–Crippen MR) is 86.9 cm³/mol. The van der Waals surface area contributed by atoms with Crippen molar-refractivity contribution in [2.75, 3.05) is 0 Å². The van der Waals surface area contributed by atoms with Gasteiger partial charge in [0.05, 0.1) is 0 Å². The number of nitrogens with two attached hydrogens (primary N) is 1. The van der Waals surface area contributed by atoms with E-state index in [1.165, 1.54) is 0 Å². The highest BCUT2D eigenvalue weighted by molar-refractivity contribution is 7.80. The molecule has 0 aliphatic rings. The molecule has 7 heteroatoms. The smallest absolute Gasteiger partial charge is 0.350 e. The highest BCUT2D eigenvalue weighted by atomic mass is 32.1. The normalized spacial score (nSPS) is 11.8.